The highest BCUT2D eigenvalue weighted by Crippen LogP contribution is 2.44. The summed E-state index contributed by atoms with van der Waals surface area (Å²) in [5, 5.41) is 0. The second kappa shape index (κ2) is 4.75. The molecule has 96 valence electrons. The average molecular weight is 243 g/mol. The number of hydrogen-bond acceptors (Lipinski definition) is 2. The van der Waals surface area contributed by atoms with Crippen molar-refractivity contribution in [3.8, 4) is 0 Å². The van der Waals surface area contributed by atoms with Crippen LogP contribution in [0.15, 0.2) is 24.3 Å². The van der Waals surface area contributed by atoms with Crippen LogP contribution in [-0.4, -0.2) is 19.4 Å². The molecule has 3 rings (SSSR count). The highest BCUT2D eigenvalue weighted by Gasteiger charge is 2.42. The van der Waals surface area contributed by atoms with Crippen molar-refractivity contribution in [3.63, 3.8) is 0 Å². The van der Waals surface area contributed by atoms with Gasteiger partial charge in [0.25, 0.3) is 0 Å². The van der Waals surface area contributed by atoms with Crippen LogP contribution in [0.2, 0.25) is 0 Å². The van der Waals surface area contributed by atoms with Crippen LogP contribution >= 0.6 is 0 Å². The number of aldehydes is 1. The van der Waals surface area contributed by atoms with E-state index in [0.717, 1.165) is 11.8 Å². The van der Waals surface area contributed by atoms with Crippen LogP contribution in [0, 0.1) is 5.41 Å². The Balaban J connectivity index is 1.68. The fourth-order valence-corrected chi connectivity index (χ4v) is 3.54. The minimum atomic E-state index is 0.591. The Hall–Kier alpha value is -1.31. The van der Waals surface area contributed by atoms with Gasteiger partial charge in [-0.3, -0.25) is 4.79 Å². The molecule has 0 atom stereocenters. The van der Waals surface area contributed by atoms with Crippen molar-refractivity contribution in [3.05, 3.63) is 29.8 Å². The van der Waals surface area contributed by atoms with E-state index < -0.39 is 0 Å². The van der Waals surface area contributed by atoms with Crippen LogP contribution < -0.4 is 4.90 Å². The molecule has 1 saturated heterocycles. The van der Waals surface area contributed by atoms with Crippen LogP contribution in [0.1, 0.15) is 48.9 Å². The van der Waals surface area contributed by atoms with Gasteiger partial charge in [0.05, 0.1) is 0 Å². The van der Waals surface area contributed by atoms with Gasteiger partial charge in [-0.1, -0.05) is 37.8 Å². The molecule has 1 aromatic carbocycles. The molecule has 0 aromatic heterocycles. The molecule has 2 nitrogen and oxygen atoms in total. The Labute approximate surface area is 109 Å². The molecule has 1 aliphatic carbocycles. The zero-order valence-corrected chi connectivity index (χ0v) is 10.9. The molecule has 0 bridgehead atoms. The van der Waals surface area contributed by atoms with E-state index in [1.807, 2.05) is 18.2 Å². The van der Waals surface area contributed by atoms with Gasteiger partial charge in [0.1, 0.15) is 6.29 Å². The first-order valence-electron chi connectivity index (χ1n) is 7.12. The summed E-state index contributed by atoms with van der Waals surface area (Å²) in [6.45, 7) is 2.38. The van der Waals surface area contributed by atoms with E-state index in [2.05, 4.69) is 11.0 Å². The summed E-state index contributed by atoms with van der Waals surface area (Å²) in [5.41, 5.74) is 2.59. The Morgan fingerprint density at radius 2 is 1.78 bits per heavy atom. The number of carbonyl (C=O) groups excluding carboxylic acids is 1. The predicted octanol–water partition coefficient (Wildman–Crippen LogP) is 3.66. The molecule has 2 heteroatoms. The number of anilines is 1. The van der Waals surface area contributed by atoms with E-state index in [1.54, 1.807) is 0 Å². The average Bonchev–Trinajstić information content (AvgIpc) is 2.62. The topological polar surface area (TPSA) is 20.3 Å². The highest BCUT2D eigenvalue weighted by atomic mass is 16.1. The maximum Gasteiger partial charge on any atom is 0.150 e. The molecule has 0 radical (unpaired) electrons. The van der Waals surface area contributed by atoms with Gasteiger partial charge in [0, 0.05) is 29.8 Å². The summed E-state index contributed by atoms with van der Waals surface area (Å²) in [4.78, 5) is 13.2. The van der Waals surface area contributed by atoms with Gasteiger partial charge >= 0.3 is 0 Å². The number of hydrogen-bond donors (Lipinski definition) is 0. The molecule has 2 aliphatic rings. The normalized spacial score (nSPS) is 22.3. The first-order chi connectivity index (χ1) is 8.81. The van der Waals surface area contributed by atoms with Gasteiger partial charge in [0.2, 0.25) is 0 Å². The zero-order valence-electron chi connectivity index (χ0n) is 10.9. The molecule has 1 aromatic rings. The maximum absolute atomic E-state index is 10.8. The minimum Gasteiger partial charge on any atom is -0.370 e. The van der Waals surface area contributed by atoms with Gasteiger partial charge in [0.15, 0.2) is 0 Å². The van der Waals surface area contributed by atoms with E-state index in [1.165, 1.54) is 57.3 Å². The molecular weight excluding hydrogens is 222 g/mol. The summed E-state index contributed by atoms with van der Waals surface area (Å²) in [6.07, 6.45) is 9.38. The van der Waals surface area contributed by atoms with Crippen molar-refractivity contribution in [1.29, 1.82) is 0 Å². The van der Waals surface area contributed by atoms with E-state index in [0.29, 0.717) is 5.41 Å². The smallest absolute Gasteiger partial charge is 0.150 e. The summed E-state index contributed by atoms with van der Waals surface area (Å²) < 4.78 is 0. The predicted molar refractivity (Wildman–Crippen MR) is 74.2 cm³/mol. The van der Waals surface area contributed by atoms with Crippen LogP contribution in [0.3, 0.4) is 0 Å². The third-order valence-corrected chi connectivity index (χ3v) is 4.59. The van der Waals surface area contributed by atoms with Crippen LogP contribution in [-0.2, 0) is 0 Å². The first kappa shape index (κ1) is 11.8. The van der Waals surface area contributed by atoms with Crippen molar-refractivity contribution in [1.82, 2.24) is 0 Å². The minimum absolute atomic E-state index is 0.591. The molecule has 2 fully saturated rings. The Morgan fingerprint density at radius 1 is 1.06 bits per heavy atom. The second-order valence-corrected chi connectivity index (χ2v) is 5.98. The van der Waals surface area contributed by atoms with Crippen molar-refractivity contribution in [2.45, 2.75) is 38.5 Å². The maximum atomic E-state index is 10.8. The van der Waals surface area contributed by atoms with Crippen molar-refractivity contribution < 1.29 is 4.79 Å². The quantitative estimate of drug-likeness (QED) is 0.739. The van der Waals surface area contributed by atoms with E-state index in [9.17, 15) is 4.79 Å². The lowest BCUT2D eigenvalue weighted by atomic mass is 9.73. The molecule has 1 aliphatic heterocycles. The van der Waals surface area contributed by atoms with Gasteiger partial charge in [-0.05, 0) is 25.0 Å². The lowest BCUT2D eigenvalue weighted by Crippen LogP contribution is -2.56. The van der Waals surface area contributed by atoms with E-state index in [-0.39, 0.29) is 0 Å². The molecule has 1 spiro atoms. The van der Waals surface area contributed by atoms with Crippen LogP contribution in [0.25, 0.3) is 0 Å². The Morgan fingerprint density at radius 3 is 2.44 bits per heavy atom. The van der Waals surface area contributed by atoms with Crippen molar-refractivity contribution in [2.75, 3.05) is 18.0 Å². The first-order valence-corrected chi connectivity index (χ1v) is 7.12. The third kappa shape index (κ3) is 2.16. The number of rotatable bonds is 2. The van der Waals surface area contributed by atoms with Gasteiger partial charge in [-0.2, -0.15) is 0 Å². The fraction of sp³-hybridized carbons (Fsp3) is 0.562. The SMILES string of the molecule is O=Cc1cccc(N2CC3(CCCCCC3)C2)c1. The molecule has 0 N–H and O–H groups in total. The second-order valence-electron chi connectivity index (χ2n) is 5.98. The zero-order chi connectivity index (χ0) is 12.4. The number of carbonyl (C=O) groups is 1. The summed E-state index contributed by atoms with van der Waals surface area (Å²) >= 11 is 0. The van der Waals surface area contributed by atoms with Crippen LogP contribution in [0.5, 0.6) is 0 Å². The largest absolute Gasteiger partial charge is 0.370 e. The van der Waals surface area contributed by atoms with Gasteiger partial charge in [-0.15, -0.1) is 0 Å². The molecule has 1 saturated carbocycles. The molecule has 1 heterocycles. The lowest BCUT2D eigenvalue weighted by Gasteiger charge is -2.51. The third-order valence-electron chi connectivity index (χ3n) is 4.59. The summed E-state index contributed by atoms with van der Waals surface area (Å²) in [6, 6.07) is 7.99. The summed E-state index contributed by atoms with van der Waals surface area (Å²) in [5.74, 6) is 0. The molecule has 0 unspecified atom stereocenters. The number of nitrogens with zero attached hydrogens (tertiary/aromatic N) is 1. The van der Waals surface area contributed by atoms with Gasteiger partial charge in [-0.25, -0.2) is 0 Å². The summed E-state index contributed by atoms with van der Waals surface area (Å²) in [7, 11) is 0. The van der Waals surface area contributed by atoms with Crippen LogP contribution in [0.4, 0.5) is 5.69 Å². The van der Waals surface area contributed by atoms with E-state index >= 15 is 0 Å². The van der Waals surface area contributed by atoms with E-state index in [4.69, 9.17) is 0 Å². The lowest BCUT2D eigenvalue weighted by molar-refractivity contribution is 0.112. The van der Waals surface area contributed by atoms with Crippen molar-refractivity contribution >= 4 is 12.0 Å². The van der Waals surface area contributed by atoms with Gasteiger partial charge < -0.3 is 4.90 Å². The number of benzene rings is 1. The highest BCUT2D eigenvalue weighted by molar-refractivity contribution is 5.77. The Kier molecular flexibility index (Phi) is 3.11. The molecule has 0 amide bonds. The molecular formula is C16H21NO. The molecule has 18 heavy (non-hydrogen) atoms. The fourth-order valence-electron chi connectivity index (χ4n) is 3.54. The van der Waals surface area contributed by atoms with Crippen molar-refractivity contribution in [2.24, 2.45) is 5.41 Å². The monoisotopic (exact) mass is 243 g/mol. The Bertz CT molecular complexity index is 424. The standard InChI is InChI=1S/C16H21NO/c18-11-14-6-5-7-15(10-14)17-12-16(13-17)8-3-1-2-4-9-16/h5-7,10-11H,1-4,8-9,12-13H2.